The van der Waals surface area contributed by atoms with Crippen molar-refractivity contribution in [3.05, 3.63) is 95.0 Å². The Kier molecular flexibility index (Phi) is 5.86. The van der Waals surface area contributed by atoms with Crippen LogP contribution in [-0.2, 0) is 17.1 Å². The van der Waals surface area contributed by atoms with E-state index in [1.165, 1.54) is 0 Å². The van der Waals surface area contributed by atoms with Crippen molar-refractivity contribution in [2.24, 2.45) is 0 Å². The number of benzene rings is 4. The molecule has 0 saturated heterocycles. The van der Waals surface area contributed by atoms with Crippen molar-refractivity contribution in [1.82, 2.24) is 39.9 Å². The summed E-state index contributed by atoms with van der Waals surface area (Å²) in [6.45, 7) is 0. The van der Waals surface area contributed by atoms with E-state index >= 15 is 0 Å². The molecule has 4 aromatic carbocycles. The molecule has 208 valence electrons. The molecule has 0 fully saturated rings. The summed E-state index contributed by atoms with van der Waals surface area (Å²) in [5, 5.41) is 4.06. The zero-order chi connectivity index (χ0) is 27.9. The molecule has 8 bridgehead atoms. The Labute approximate surface area is 263 Å². The van der Waals surface area contributed by atoms with Gasteiger partial charge >= 0.3 is 17.1 Å². The smallest absolute Gasteiger partial charge is 0.324 e. The van der Waals surface area contributed by atoms with E-state index in [2.05, 4.69) is 9.97 Å². The second-order valence-corrected chi connectivity index (χ2v) is 10.8. The normalized spacial score (nSPS) is 11.8. The van der Waals surface area contributed by atoms with E-state index in [-0.39, 0.29) is 17.1 Å². The van der Waals surface area contributed by atoms with Gasteiger partial charge in [0, 0.05) is 43.8 Å². The maximum absolute atomic E-state index is 6.77. The molecule has 11 heteroatoms. The van der Waals surface area contributed by atoms with E-state index in [9.17, 15) is 0 Å². The second-order valence-electron chi connectivity index (χ2n) is 10.0. The summed E-state index contributed by atoms with van der Waals surface area (Å²) in [4.78, 5) is 36.5. The molecule has 0 unspecified atom stereocenters. The van der Waals surface area contributed by atoms with Crippen molar-refractivity contribution < 1.29 is 17.1 Å². The Morgan fingerprint density at radius 1 is 0.419 bits per heavy atom. The van der Waals surface area contributed by atoms with Crippen molar-refractivity contribution in [3.8, 4) is 45.6 Å². The maximum Gasteiger partial charge on any atom is 1.00 e. The molecule has 2 N–H and O–H groups in total. The molecule has 2 aliphatic rings. The first-order valence-corrected chi connectivity index (χ1v) is 14.0. The number of halogens is 2. The maximum atomic E-state index is 6.77. The van der Waals surface area contributed by atoms with Crippen LogP contribution in [0.5, 0.6) is 0 Å². The van der Waals surface area contributed by atoms with Crippen molar-refractivity contribution in [2.45, 2.75) is 0 Å². The fourth-order valence-corrected chi connectivity index (χ4v) is 6.08. The van der Waals surface area contributed by atoms with Crippen molar-refractivity contribution >= 4 is 67.3 Å². The quantitative estimate of drug-likeness (QED) is 0.161. The Balaban J connectivity index is 0.00000278. The Bertz CT molecular complexity index is 2460. The third kappa shape index (κ3) is 3.90. The topological polar surface area (TPSA) is 109 Å². The SMILES string of the molecule is Clc1ccc2c3nc4nc(nc5[nH]c(nc6nc(nc([nH]3)c2c1Cl)-c1ccccc1-6)c1ccccc51)-c1ccccc1-4.[Cu+]. The van der Waals surface area contributed by atoms with Gasteiger partial charge in [-0.15, -0.1) is 0 Å². The molecular formula is C32H16Cl2CuN8+. The zero-order valence-corrected chi connectivity index (χ0v) is 24.3. The van der Waals surface area contributed by atoms with E-state index in [0.717, 1.165) is 38.4 Å². The Hall–Kier alpha value is -4.66. The van der Waals surface area contributed by atoms with Gasteiger partial charge in [0.15, 0.2) is 23.3 Å². The minimum Gasteiger partial charge on any atom is -0.324 e. The number of nitrogens with zero attached hydrogens (tertiary/aromatic N) is 6. The molecule has 5 heterocycles. The summed E-state index contributed by atoms with van der Waals surface area (Å²) in [7, 11) is 0. The van der Waals surface area contributed by atoms with E-state index in [1.807, 2.05) is 78.9 Å². The molecule has 0 atom stereocenters. The summed E-state index contributed by atoms with van der Waals surface area (Å²) in [5.74, 6) is 2.12. The third-order valence-electron chi connectivity index (χ3n) is 7.61. The van der Waals surface area contributed by atoms with Gasteiger partial charge in [-0.25, -0.2) is 29.9 Å². The molecule has 43 heavy (non-hydrogen) atoms. The monoisotopic (exact) mass is 645 g/mol. The number of nitrogens with one attached hydrogen (secondary N) is 2. The van der Waals surface area contributed by atoms with Gasteiger partial charge in [0.05, 0.1) is 10.0 Å². The molecule has 9 rings (SSSR count). The predicted molar refractivity (Wildman–Crippen MR) is 166 cm³/mol. The molecule has 0 radical (unpaired) electrons. The molecule has 0 spiro atoms. The second kappa shape index (κ2) is 9.69. The van der Waals surface area contributed by atoms with Gasteiger partial charge in [-0.2, -0.15) is 0 Å². The van der Waals surface area contributed by atoms with E-state index in [4.69, 9.17) is 53.1 Å². The first-order chi connectivity index (χ1) is 20.6. The number of fused-ring (bicyclic) bond motifs is 20. The summed E-state index contributed by atoms with van der Waals surface area (Å²) >= 11 is 13.2. The number of H-pyrrole nitrogens is 2. The number of rotatable bonds is 0. The predicted octanol–water partition coefficient (Wildman–Crippen LogP) is 8.17. The molecule has 0 saturated carbocycles. The van der Waals surface area contributed by atoms with Crippen LogP contribution in [0.1, 0.15) is 0 Å². The average Bonchev–Trinajstić information content (AvgIpc) is 3.74. The first kappa shape index (κ1) is 26.0. The van der Waals surface area contributed by atoms with Gasteiger partial charge in [-0.1, -0.05) is 96.0 Å². The van der Waals surface area contributed by atoms with Crippen molar-refractivity contribution in [1.29, 1.82) is 0 Å². The van der Waals surface area contributed by atoms with Crippen LogP contribution in [0.4, 0.5) is 0 Å². The minimum absolute atomic E-state index is 0. The molecular weight excluding hydrogens is 631 g/mol. The molecule has 0 aliphatic carbocycles. The van der Waals surface area contributed by atoms with Crippen LogP contribution in [0.2, 0.25) is 10.0 Å². The first-order valence-electron chi connectivity index (χ1n) is 13.2. The molecule has 0 amide bonds. The van der Waals surface area contributed by atoms with Gasteiger partial charge in [0.1, 0.15) is 22.6 Å². The fraction of sp³-hybridized carbons (Fsp3) is 0. The van der Waals surface area contributed by atoms with E-state index in [0.29, 0.717) is 61.3 Å². The number of aromatic amines is 2. The van der Waals surface area contributed by atoms with Crippen LogP contribution in [0.3, 0.4) is 0 Å². The van der Waals surface area contributed by atoms with Crippen LogP contribution >= 0.6 is 23.2 Å². The van der Waals surface area contributed by atoms with E-state index < -0.39 is 0 Å². The van der Waals surface area contributed by atoms with Gasteiger partial charge in [-0.3, -0.25) is 0 Å². The third-order valence-corrected chi connectivity index (χ3v) is 8.41. The van der Waals surface area contributed by atoms with E-state index in [1.54, 1.807) is 6.07 Å². The van der Waals surface area contributed by atoms with Crippen LogP contribution in [0, 0.1) is 0 Å². The number of hydrogen-bond donors (Lipinski definition) is 2. The summed E-state index contributed by atoms with van der Waals surface area (Å²) in [6.07, 6.45) is 0. The van der Waals surface area contributed by atoms with Gasteiger partial charge < -0.3 is 9.97 Å². The summed E-state index contributed by atoms with van der Waals surface area (Å²) in [6, 6.07) is 27.4. The molecule has 2 aliphatic heterocycles. The van der Waals surface area contributed by atoms with Gasteiger partial charge in [-0.05, 0) is 12.1 Å². The number of hydrogen-bond acceptors (Lipinski definition) is 6. The average molecular weight is 647 g/mol. The molecule has 7 aromatic rings. The summed E-state index contributed by atoms with van der Waals surface area (Å²) < 4.78 is 0. The van der Waals surface area contributed by atoms with Crippen LogP contribution in [-0.4, -0.2) is 39.9 Å². The zero-order valence-electron chi connectivity index (χ0n) is 21.8. The minimum atomic E-state index is 0. The largest absolute Gasteiger partial charge is 1.00 e. The summed E-state index contributed by atoms with van der Waals surface area (Å²) in [5.41, 5.74) is 5.83. The van der Waals surface area contributed by atoms with Crippen LogP contribution < -0.4 is 0 Å². The van der Waals surface area contributed by atoms with Crippen molar-refractivity contribution in [2.75, 3.05) is 0 Å². The standard InChI is InChI=1S/C32H16Cl2N8.Cu/c33-22-14-13-21-23(24(22)34)32-41-30-20-12-6-5-11-19(20)28(39-30)37-26-16-8-2-1-7-15(16)25(35-26)36-27-17-9-3-4-10-18(17)29(38-27)40-31(21)42-32;/h1-14H,(H2,35,36,37,38,39,40,41,42);/q;+1. The number of aromatic nitrogens is 8. The molecule has 8 nitrogen and oxygen atoms in total. The van der Waals surface area contributed by atoms with Crippen LogP contribution in [0.25, 0.3) is 89.7 Å². The van der Waals surface area contributed by atoms with Gasteiger partial charge in [0.25, 0.3) is 0 Å². The van der Waals surface area contributed by atoms with Gasteiger partial charge in [0.2, 0.25) is 0 Å². The van der Waals surface area contributed by atoms with Crippen LogP contribution in [0.15, 0.2) is 84.9 Å². The Morgan fingerprint density at radius 3 is 1.30 bits per heavy atom. The Morgan fingerprint density at radius 2 is 0.814 bits per heavy atom. The fourth-order valence-electron chi connectivity index (χ4n) is 5.67. The van der Waals surface area contributed by atoms with Crippen molar-refractivity contribution in [3.63, 3.8) is 0 Å². The molecule has 3 aromatic heterocycles.